The van der Waals surface area contributed by atoms with Crippen LogP contribution in [0.15, 0.2) is 18.2 Å². The van der Waals surface area contributed by atoms with Crippen LogP contribution in [0.2, 0.25) is 10.0 Å². The Morgan fingerprint density at radius 3 is 2.46 bits per heavy atom. The molecular weight excluding hydrogens is 512 g/mol. The summed E-state index contributed by atoms with van der Waals surface area (Å²) < 4.78 is 23.4. The van der Waals surface area contributed by atoms with Crippen molar-refractivity contribution in [2.45, 2.75) is 84.5 Å². The van der Waals surface area contributed by atoms with E-state index in [1.807, 2.05) is 13.8 Å². The van der Waals surface area contributed by atoms with Gasteiger partial charge in [0.25, 0.3) is 0 Å². The second-order valence-corrected chi connectivity index (χ2v) is 12.7. The van der Waals surface area contributed by atoms with Crippen molar-refractivity contribution in [3.8, 4) is 0 Å². The SMILES string of the molecule is CCCC(=O)OC(C)OC(=O)N(CCCP(=O)(O)CC1CCCCC1)[C@@H](C)c1ccc(Cl)c(Cl)c1. The number of hydrogen-bond acceptors (Lipinski definition) is 5. The summed E-state index contributed by atoms with van der Waals surface area (Å²) in [6.07, 6.45) is 5.37. The summed E-state index contributed by atoms with van der Waals surface area (Å²) >= 11 is 12.2. The lowest BCUT2D eigenvalue weighted by Gasteiger charge is -2.30. The summed E-state index contributed by atoms with van der Waals surface area (Å²) in [7, 11) is -3.30. The Balaban J connectivity index is 2.06. The normalized spacial score (nSPS) is 17.8. The van der Waals surface area contributed by atoms with Crippen LogP contribution in [0.4, 0.5) is 4.79 Å². The number of nitrogens with zero attached hydrogens (tertiary/aromatic N) is 1. The number of carbonyl (C=O) groups excluding carboxylic acids is 2. The molecule has 0 bridgehead atoms. The van der Waals surface area contributed by atoms with E-state index in [-0.39, 0.29) is 19.1 Å². The Hall–Kier alpha value is -1.27. The van der Waals surface area contributed by atoms with E-state index in [2.05, 4.69) is 0 Å². The van der Waals surface area contributed by atoms with Gasteiger partial charge in [0.15, 0.2) is 0 Å². The summed E-state index contributed by atoms with van der Waals surface area (Å²) in [5, 5.41) is 0.760. The first-order valence-corrected chi connectivity index (χ1v) is 15.2. The number of hydrogen-bond donors (Lipinski definition) is 1. The van der Waals surface area contributed by atoms with Crippen LogP contribution < -0.4 is 0 Å². The second kappa shape index (κ2) is 14.5. The number of benzene rings is 1. The van der Waals surface area contributed by atoms with Crippen LogP contribution >= 0.6 is 30.6 Å². The van der Waals surface area contributed by atoms with E-state index >= 15 is 0 Å². The molecular formula is C25H38Cl2NO6P. The fourth-order valence-electron chi connectivity index (χ4n) is 4.43. The molecule has 1 aliphatic rings. The molecule has 1 saturated carbocycles. The van der Waals surface area contributed by atoms with Crippen LogP contribution in [0.25, 0.3) is 0 Å². The van der Waals surface area contributed by atoms with E-state index in [1.54, 1.807) is 18.2 Å². The molecule has 0 heterocycles. The molecule has 2 rings (SSSR count). The van der Waals surface area contributed by atoms with E-state index in [9.17, 15) is 19.0 Å². The standard InChI is InChI=1S/C25H38Cl2NO6P/c1-4-9-24(29)33-19(3)34-25(30)28(18(2)21-12-13-22(26)23(27)16-21)14-8-15-35(31,32)17-20-10-6-5-7-11-20/h12-13,16,18-20H,4-11,14-15,17H2,1-3H3,(H,31,32)/t18-,19?/m0/s1. The Labute approximate surface area is 218 Å². The molecule has 198 valence electrons. The number of carbonyl (C=O) groups is 2. The van der Waals surface area contributed by atoms with Gasteiger partial charge in [-0.3, -0.25) is 9.36 Å². The molecule has 1 amide bonds. The topological polar surface area (TPSA) is 93.1 Å². The van der Waals surface area contributed by atoms with Crippen molar-refractivity contribution in [3.63, 3.8) is 0 Å². The van der Waals surface area contributed by atoms with E-state index in [0.717, 1.165) is 31.2 Å². The quantitative estimate of drug-likeness (QED) is 0.165. The second-order valence-electron chi connectivity index (χ2n) is 9.34. The molecule has 0 radical (unpaired) electrons. The molecule has 0 spiro atoms. The predicted octanol–water partition coefficient (Wildman–Crippen LogP) is 7.42. The number of halogens is 2. The zero-order chi connectivity index (χ0) is 26.0. The lowest BCUT2D eigenvalue weighted by atomic mass is 9.91. The summed E-state index contributed by atoms with van der Waals surface area (Å²) in [4.78, 5) is 36.8. The van der Waals surface area contributed by atoms with E-state index in [1.165, 1.54) is 18.2 Å². The summed E-state index contributed by atoms with van der Waals surface area (Å²) in [6.45, 7) is 5.35. The highest BCUT2D eigenvalue weighted by Crippen LogP contribution is 2.46. The van der Waals surface area contributed by atoms with Crippen molar-refractivity contribution in [2.24, 2.45) is 5.92 Å². The molecule has 7 nitrogen and oxygen atoms in total. The highest BCUT2D eigenvalue weighted by atomic mass is 35.5. The zero-order valence-electron chi connectivity index (χ0n) is 20.9. The third-order valence-electron chi connectivity index (χ3n) is 6.32. The van der Waals surface area contributed by atoms with E-state index in [0.29, 0.717) is 35.0 Å². The van der Waals surface area contributed by atoms with Crippen LogP contribution in [0.1, 0.15) is 83.7 Å². The molecule has 0 saturated heterocycles. The zero-order valence-corrected chi connectivity index (χ0v) is 23.3. The van der Waals surface area contributed by atoms with Gasteiger partial charge in [-0.2, -0.15) is 0 Å². The minimum Gasteiger partial charge on any atom is -0.425 e. The average molecular weight is 550 g/mol. The third-order valence-corrected chi connectivity index (χ3v) is 9.16. The fraction of sp³-hybridized carbons (Fsp3) is 0.680. The maximum atomic E-state index is 13.1. The summed E-state index contributed by atoms with van der Waals surface area (Å²) in [6, 6.07) is 4.65. The fourth-order valence-corrected chi connectivity index (χ4v) is 6.73. The van der Waals surface area contributed by atoms with E-state index < -0.39 is 31.8 Å². The van der Waals surface area contributed by atoms with Crippen LogP contribution in [-0.2, 0) is 18.8 Å². The van der Waals surface area contributed by atoms with Gasteiger partial charge in [-0.25, -0.2) is 4.79 Å². The van der Waals surface area contributed by atoms with Crippen LogP contribution in [0.3, 0.4) is 0 Å². The van der Waals surface area contributed by atoms with Gasteiger partial charge in [-0.1, -0.05) is 55.5 Å². The molecule has 1 aromatic rings. The maximum absolute atomic E-state index is 13.1. The van der Waals surface area contributed by atoms with Gasteiger partial charge in [0.2, 0.25) is 13.7 Å². The van der Waals surface area contributed by atoms with E-state index in [4.69, 9.17) is 32.7 Å². The number of esters is 1. The van der Waals surface area contributed by atoms with Crippen LogP contribution in [0.5, 0.6) is 0 Å². The minimum atomic E-state index is -3.30. The highest BCUT2D eigenvalue weighted by Gasteiger charge is 2.29. The summed E-state index contributed by atoms with van der Waals surface area (Å²) in [5.41, 5.74) is 0.737. The largest absolute Gasteiger partial charge is 0.425 e. The lowest BCUT2D eigenvalue weighted by Crippen LogP contribution is -2.38. The highest BCUT2D eigenvalue weighted by molar-refractivity contribution is 7.58. The molecule has 10 heteroatoms. The van der Waals surface area contributed by atoms with Gasteiger partial charge in [-0.15, -0.1) is 0 Å². The monoisotopic (exact) mass is 549 g/mol. The Morgan fingerprint density at radius 2 is 1.83 bits per heavy atom. The third kappa shape index (κ3) is 10.3. The van der Waals surface area contributed by atoms with Gasteiger partial charge >= 0.3 is 12.1 Å². The Bertz CT molecular complexity index is 893. The Morgan fingerprint density at radius 1 is 1.14 bits per heavy atom. The van der Waals surface area contributed by atoms with Crippen molar-refractivity contribution in [1.29, 1.82) is 0 Å². The van der Waals surface area contributed by atoms with Crippen LogP contribution in [0, 0.1) is 5.92 Å². The molecule has 3 atom stereocenters. The molecule has 35 heavy (non-hydrogen) atoms. The molecule has 0 aliphatic heterocycles. The Kier molecular flexibility index (Phi) is 12.4. The van der Waals surface area contributed by atoms with Gasteiger partial charge in [-0.05, 0) is 56.2 Å². The first-order chi connectivity index (χ1) is 16.5. The van der Waals surface area contributed by atoms with Crippen molar-refractivity contribution >= 4 is 42.6 Å². The lowest BCUT2D eigenvalue weighted by molar-refractivity contribution is -0.166. The summed E-state index contributed by atoms with van der Waals surface area (Å²) in [5.74, 6) is -0.143. The number of amides is 1. The first kappa shape index (κ1) is 30.0. The van der Waals surface area contributed by atoms with Gasteiger partial charge in [0, 0.05) is 32.2 Å². The van der Waals surface area contributed by atoms with Crippen molar-refractivity contribution in [1.82, 2.24) is 4.90 Å². The number of rotatable bonds is 12. The van der Waals surface area contributed by atoms with Crippen molar-refractivity contribution in [2.75, 3.05) is 18.9 Å². The van der Waals surface area contributed by atoms with Crippen molar-refractivity contribution < 1.29 is 28.5 Å². The van der Waals surface area contributed by atoms with Gasteiger partial charge in [0.1, 0.15) is 0 Å². The van der Waals surface area contributed by atoms with Gasteiger partial charge in [0.05, 0.1) is 16.1 Å². The van der Waals surface area contributed by atoms with Gasteiger partial charge < -0.3 is 19.3 Å². The van der Waals surface area contributed by atoms with Crippen molar-refractivity contribution in [3.05, 3.63) is 33.8 Å². The molecule has 0 aromatic heterocycles. The average Bonchev–Trinajstić information content (AvgIpc) is 2.78. The minimum absolute atomic E-state index is 0.127. The first-order valence-electron chi connectivity index (χ1n) is 12.4. The molecule has 1 N–H and O–H groups in total. The molecule has 1 fully saturated rings. The smallest absolute Gasteiger partial charge is 0.413 e. The number of ether oxygens (including phenoxy) is 2. The maximum Gasteiger partial charge on any atom is 0.413 e. The molecule has 1 aliphatic carbocycles. The molecule has 2 unspecified atom stereocenters. The van der Waals surface area contributed by atoms with Crippen LogP contribution in [-0.4, -0.2) is 47.0 Å². The molecule has 1 aromatic carbocycles. The predicted molar refractivity (Wildman–Crippen MR) is 139 cm³/mol.